The summed E-state index contributed by atoms with van der Waals surface area (Å²) in [5.41, 5.74) is -0.468. The SMILES string of the molecule is CC(C)NC1CCCC1(C)O. The number of hydrogen-bond donors (Lipinski definition) is 2. The topological polar surface area (TPSA) is 32.3 Å². The average Bonchev–Trinajstić information content (AvgIpc) is 2.10. The quantitative estimate of drug-likeness (QED) is 0.633. The Kier molecular flexibility index (Phi) is 2.55. The summed E-state index contributed by atoms with van der Waals surface area (Å²) in [7, 11) is 0. The zero-order valence-electron chi connectivity index (χ0n) is 7.72. The lowest BCUT2D eigenvalue weighted by Gasteiger charge is -2.28. The fourth-order valence-electron chi connectivity index (χ4n) is 1.81. The molecule has 0 aromatic carbocycles. The molecule has 1 aliphatic rings. The summed E-state index contributed by atoms with van der Waals surface area (Å²) < 4.78 is 0. The normalized spacial score (nSPS) is 38.5. The van der Waals surface area contributed by atoms with E-state index in [9.17, 15) is 5.11 Å². The van der Waals surface area contributed by atoms with E-state index in [0.29, 0.717) is 12.1 Å². The van der Waals surface area contributed by atoms with Gasteiger partial charge in [0.05, 0.1) is 5.60 Å². The molecule has 0 aliphatic heterocycles. The van der Waals surface area contributed by atoms with E-state index in [1.807, 2.05) is 6.92 Å². The number of hydrogen-bond acceptors (Lipinski definition) is 2. The Morgan fingerprint density at radius 2 is 2.18 bits per heavy atom. The second-order valence-corrected chi connectivity index (χ2v) is 4.12. The molecule has 1 aliphatic carbocycles. The molecule has 11 heavy (non-hydrogen) atoms. The summed E-state index contributed by atoms with van der Waals surface area (Å²) in [6.45, 7) is 6.17. The summed E-state index contributed by atoms with van der Waals surface area (Å²) in [6, 6.07) is 0.784. The molecule has 1 saturated carbocycles. The van der Waals surface area contributed by atoms with E-state index in [-0.39, 0.29) is 0 Å². The minimum atomic E-state index is -0.468. The van der Waals surface area contributed by atoms with Crippen LogP contribution in [0.1, 0.15) is 40.0 Å². The standard InChI is InChI=1S/C9H19NO/c1-7(2)10-8-5-4-6-9(8,3)11/h7-8,10-11H,4-6H2,1-3H3. The maximum Gasteiger partial charge on any atom is 0.0772 e. The molecule has 2 N–H and O–H groups in total. The molecule has 0 radical (unpaired) electrons. The van der Waals surface area contributed by atoms with E-state index in [0.717, 1.165) is 19.3 Å². The lowest BCUT2D eigenvalue weighted by Crippen LogP contribution is -2.47. The zero-order chi connectivity index (χ0) is 8.48. The van der Waals surface area contributed by atoms with E-state index in [1.54, 1.807) is 0 Å². The number of nitrogens with one attached hydrogen (secondary N) is 1. The molecule has 0 heterocycles. The zero-order valence-corrected chi connectivity index (χ0v) is 7.72. The van der Waals surface area contributed by atoms with Crippen molar-refractivity contribution in [2.45, 2.75) is 57.7 Å². The van der Waals surface area contributed by atoms with Crippen LogP contribution < -0.4 is 5.32 Å². The molecule has 0 saturated heterocycles. The predicted octanol–water partition coefficient (Wildman–Crippen LogP) is 1.29. The van der Waals surface area contributed by atoms with Gasteiger partial charge >= 0.3 is 0 Å². The monoisotopic (exact) mass is 157 g/mol. The van der Waals surface area contributed by atoms with Crippen LogP contribution in [-0.4, -0.2) is 22.8 Å². The second-order valence-electron chi connectivity index (χ2n) is 4.12. The molecule has 2 atom stereocenters. The first-order chi connectivity index (χ1) is 5.02. The van der Waals surface area contributed by atoms with Crippen LogP contribution in [0, 0.1) is 0 Å². The highest BCUT2D eigenvalue weighted by molar-refractivity contribution is 4.94. The van der Waals surface area contributed by atoms with E-state index < -0.39 is 5.60 Å². The molecule has 1 rings (SSSR count). The molecule has 2 nitrogen and oxygen atoms in total. The summed E-state index contributed by atoms with van der Waals surface area (Å²) in [6.07, 6.45) is 3.21. The van der Waals surface area contributed by atoms with Crippen LogP contribution >= 0.6 is 0 Å². The van der Waals surface area contributed by atoms with Crippen LogP contribution in [0.15, 0.2) is 0 Å². The fourth-order valence-corrected chi connectivity index (χ4v) is 1.81. The van der Waals surface area contributed by atoms with Crippen molar-refractivity contribution < 1.29 is 5.11 Å². The lowest BCUT2D eigenvalue weighted by atomic mass is 10.0. The first-order valence-corrected chi connectivity index (χ1v) is 4.51. The van der Waals surface area contributed by atoms with Gasteiger partial charge < -0.3 is 10.4 Å². The minimum Gasteiger partial charge on any atom is -0.389 e. The Hall–Kier alpha value is -0.0800. The summed E-state index contributed by atoms with van der Waals surface area (Å²) in [5.74, 6) is 0. The van der Waals surface area contributed by atoms with Crippen molar-refractivity contribution in [3.63, 3.8) is 0 Å². The average molecular weight is 157 g/mol. The van der Waals surface area contributed by atoms with Crippen LogP contribution in [0.3, 0.4) is 0 Å². The molecule has 0 aromatic rings. The molecular formula is C9H19NO. The van der Waals surface area contributed by atoms with Gasteiger partial charge in [-0.15, -0.1) is 0 Å². The van der Waals surface area contributed by atoms with Crippen LogP contribution in [0.4, 0.5) is 0 Å². The van der Waals surface area contributed by atoms with Gasteiger partial charge in [-0.1, -0.05) is 13.8 Å². The fraction of sp³-hybridized carbons (Fsp3) is 1.00. The van der Waals surface area contributed by atoms with Crippen molar-refractivity contribution in [1.29, 1.82) is 0 Å². The van der Waals surface area contributed by atoms with Crippen molar-refractivity contribution in [3.05, 3.63) is 0 Å². The minimum absolute atomic E-state index is 0.308. The summed E-state index contributed by atoms with van der Waals surface area (Å²) in [5, 5.41) is 13.2. The highest BCUT2D eigenvalue weighted by Gasteiger charge is 2.36. The van der Waals surface area contributed by atoms with Gasteiger partial charge in [0.2, 0.25) is 0 Å². The van der Waals surface area contributed by atoms with Crippen LogP contribution in [-0.2, 0) is 0 Å². The molecule has 0 aromatic heterocycles. The van der Waals surface area contributed by atoms with Crippen molar-refractivity contribution in [2.75, 3.05) is 0 Å². The first kappa shape index (κ1) is 9.01. The molecule has 0 amide bonds. The Balaban J connectivity index is 2.45. The predicted molar refractivity (Wildman–Crippen MR) is 46.5 cm³/mol. The maximum absolute atomic E-state index is 9.84. The number of rotatable bonds is 2. The molecule has 2 unspecified atom stereocenters. The van der Waals surface area contributed by atoms with Crippen molar-refractivity contribution in [1.82, 2.24) is 5.32 Å². The van der Waals surface area contributed by atoms with Gasteiger partial charge in [-0.2, -0.15) is 0 Å². The second kappa shape index (κ2) is 3.11. The van der Waals surface area contributed by atoms with E-state index in [2.05, 4.69) is 19.2 Å². The van der Waals surface area contributed by atoms with Gasteiger partial charge in [0.1, 0.15) is 0 Å². The van der Waals surface area contributed by atoms with Gasteiger partial charge in [0.15, 0.2) is 0 Å². The molecular weight excluding hydrogens is 138 g/mol. The van der Waals surface area contributed by atoms with Crippen LogP contribution in [0.25, 0.3) is 0 Å². The van der Waals surface area contributed by atoms with E-state index in [1.165, 1.54) is 0 Å². The lowest BCUT2D eigenvalue weighted by molar-refractivity contribution is 0.0366. The van der Waals surface area contributed by atoms with Gasteiger partial charge in [-0.25, -0.2) is 0 Å². The first-order valence-electron chi connectivity index (χ1n) is 4.51. The highest BCUT2D eigenvalue weighted by atomic mass is 16.3. The third-order valence-corrected chi connectivity index (χ3v) is 2.46. The van der Waals surface area contributed by atoms with Crippen molar-refractivity contribution in [3.8, 4) is 0 Å². The van der Waals surface area contributed by atoms with Gasteiger partial charge in [-0.05, 0) is 26.2 Å². The Morgan fingerprint density at radius 3 is 2.55 bits per heavy atom. The summed E-state index contributed by atoms with van der Waals surface area (Å²) >= 11 is 0. The van der Waals surface area contributed by atoms with Crippen molar-refractivity contribution in [2.24, 2.45) is 0 Å². The van der Waals surface area contributed by atoms with Crippen molar-refractivity contribution >= 4 is 0 Å². The molecule has 66 valence electrons. The molecule has 0 spiro atoms. The van der Waals surface area contributed by atoms with Gasteiger partial charge in [-0.3, -0.25) is 0 Å². The van der Waals surface area contributed by atoms with Gasteiger partial charge in [0, 0.05) is 12.1 Å². The maximum atomic E-state index is 9.84. The van der Waals surface area contributed by atoms with E-state index >= 15 is 0 Å². The van der Waals surface area contributed by atoms with Gasteiger partial charge in [0.25, 0.3) is 0 Å². The Morgan fingerprint density at radius 1 is 1.55 bits per heavy atom. The third kappa shape index (κ3) is 2.17. The molecule has 0 bridgehead atoms. The third-order valence-electron chi connectivity index (χ3n) is 2.46. The Bertz CT molecular complexity index is 132. The van der Waals surface area contributed by atoms with Crippen LogP contribution in [0.5, 0.6) is 0 Å². The van der Waals surface area contributed by atoms with Crippen LogP contribution in [0.2, 0.25) is 0 Å². The molecule has 2 heteroatoms. The summed E-state index contributed by atoms with van der Waals surface area (Å²) in [4.78, 5) is 0. The largest absolute Gasteiger partial charge is 0.389 e. The smallest absolute Gasteiger partial charge is 0.0772 e. The Labute approximate surface area is 69.0 Å². The highest BCUT2D eigenvalue weighted by Crippen LogP contribution is 2.29. The molecule has 1 fully saturated rings. The number of aliphatic hydroxyl groups is 1. The van der Waals surface area contributed by atoms with E-state index in [4.69, 9.17) is 0 Å².